The molecule has 1 heterocycles. The van der Waals surface area contributed by atoms with Crippen LogP contribution in [0.3, 0.4) is 0 Å². The zero-order chi connectivity index (χ0) is 12.8. The number of aryl methyl sites for hydroxylation is 1. The van der Waals surface area contributed by atoms with Gasteiger partial charge in [0.1, 0.15) is 5.75 Å². The molecule has 0 radical (unpaired) electrons. The first-order valence-corrected chi connectivity index (χ1v) is 7.12. The molecular formula is C15H19NOS. The van der Waals surface area contributed by atoms with E-state index in [9.17, 15) is 0 Å². The van der Waals surface area contributed by atoms with Gasteiger partial charge in [-0.15, -0.1) is 0 Å². The van der Waals surface area contributed by atoms with Crippen LogP contribution in [0.5, 0.6) is 5.75 Å². The third-order valence-corrected chi connectivity index (χ3v) is 3.66. The topological polar surface area (TPSA) is 21.3 Å². The van der Waals surface area contributed by atoms with Gasteiger partial charge in [0.25, 0.3) is 0 Å². The molecule has 1 atom stereocenters. The summed E-state index contributed by atoms with van der Waals surface area (Å²) < 4.78 is 5.78. The molecule has 0 fully saturated rings. The third kappa shape index (κ3) is 3.59. The fourth-order valence-electron chi connectivity index (χ4n) is 1.95. The highest BCUT2D eigenvalue weighted by molar-refractivity contribution is 7.07. The molecule has 2 rings (SSSR count). The van der Waals surface area contributed by atoms with E-state index in [1.165, 1.54) is 11.1 Å². The molecule has 1 unspecified atom stereocenters. The van der Waals surface area contributed by atoms with Gasteiger partial charge in [-0.1, -0.05) is 12.1 Å². The predicted octanol–water partition coefficient (Wildman–Crippen LogP) is 3.79. The van der Waals surface area contributed by atoms with Gasteiger partial charge in [-0.05, 0) is 54.1 Å². The average molecular weight is 261 g/mol. The number of hydrogen-bond donors (Lipinski definition) is 1. The Kier molecular flexibility index (Phi) is 4.79. The minimum Gasteiger partial charge on any atom is -0.494 e. The Hall–Kier alpha value is -1.32. The Balaban J connectivity index is 1.84. The highest BCUT2D eigenvalue weighted by atomic mass is 32.1. The lowest BCUT2D eigenvalue weighted by molar-refractivity contribution is 0.290. The van der Waals surface area contributed by atoms with Crippen molar-refractivity contribution in [2.45, 2.75) is 19.4 Å². The van der Waals surface area contributed by atoms with Gasteiger partial charge in [0.15, 0.2) is 0 Å². The lowest BCUT2D eigenvalue weighted by atomic mass is 10.1. The van der Waals surface area contributed by atoms with Crippen molar-refractivity contribution in [1.29, 1.82) is 0 Å². The van der Waals surface area contributed by atoms with Gasteiger partial charge in [0.05, 0.1) is 6.61 Å². The fourth-order valence-corrected chi connectivity index (χ4v) is 2.66. The molecule has 3 heteroatoms. The Morgan fingerprint density at radius 3 is 2.89 bits per heavy atom. The summed E-state index contributed by atoms with van der Waals surface area (Å²) in [5, 5.41) is 7.63. The molecule has 0 aliphatic heterocycles. The zero-order valence-electron chi connectivity index (χ0n) is 10.8. The van der Waals surface area contributed by atoms with Crippen LogP contribution in [0.1, 0.15) is 23.6 Å². The maximum Gasteiger partial charge on any atom is 0.119 e. The van der Waals surface area contributed by atoms with E-state index in [2.05, 4.69) is 41.2 Å². The minimum absolute atomic E-state index is 0.376. The molecule has 1 aromatic carbocycles. The van der Waals surface area contributed by atoms with Crippen molar-refractivity contribution in [3.63, 3.8) is 0 Å². The zero-order valence-corrected chi connectivity index (χ0v) is 11.7. The van der Waals surface area contributed by atoms with E-state index in [0.717, 1.165) is 18.8 Å². The molecule has 2 aromatic rings. The van der Waals surface area contributed by atoms with Gasteiger partial charge in [0.2, 0.25) is 0 Å². The lowest BCUT2D eigenvalue weighted by Gasteiger charge is -2.15. The monoisotopic (exact) mass is 261 g/mol. The summed E-state index contributed by atoms with van der Waals surface area (Å²) in [5.41, 5.74) is 2.57. The first kappa shape index (κ1) is 13.1. The summed E-state index contributed by atoms with van der Waals surface area (Å²) in [5.74, 6) is 0.954. The van der Waals surface area contributed by atoms with Crippen LogP contribution in [0.25, 0.3) is 0 Å². The second kappa shape index (κ2) is 6.57. The number of nitrogens with one attached hydrogen (secondary N) is 1. The molecule has 1 N–H and O–H groups in total. The highest BCUT2D eigenvalue weighted by Gasteiger charge is 2.09. The van der Waals surface area contributed by atoms with Crippen LogP contribution in [0.15, 0.2) is 41.1 Å². The predicted molar refractivity (Wildman–Crippen MR) is 77.4 cm³/mol. The van der Waals surface area contributed by atoms with Crippen molar-refractivity contribution < 1.29 is 4.74 Å². The third-order valence-electron chi connectivity index (χ3n) is 2.96. The van der Waals surface area contributed by atoms with Crippen molar-refractivity contribution in [3.8, 4) is 5.75 Å². The summed E-state index contributed by atoms with van der Waals surface area (Å²) in [6.45, 7) is 2.80. The maximum absolute atomic E-state index is 5.78. The van der Waals surface area contributed by atoms with Gasteiger partial charge >= 0.3 is 0 Å². The van der Waals surface area contributed by atoms with E-state index in [0.29, 0.717) is 6.04 Å². The van der Waals surface area contributed by atoms with E-state index in [1.54, 1.807) is 11.3 Å². The number of thiophene rings is 1. The average Bonchev–Trinajstić information content (AvgIpc) is 2.88. The van der Waals surface area contributed by atoms with Gasteiger partial charge in [-0.2, -0.15) is 11.3 Å². The van der Waals surface area contributed by atoms with Crippen molar-refractivity contribution in [1.82, 2.24) is 5.32 Å². The Morgan fingerprint density at radius 2 is 2.22 bits per heavy atom. The molecule has 0 saturated heterocycles. The first-order chi connectivity index (χ1) is 8.79. The van der Waals surface area contributed by atoms with E-state index < -0.39 is 0 Å². The van der Waals surface area contributed by atoms with Crippen molar-refractivity contribution in [2.24, 2.45) is 0 Å². The molecule has 0 spiro atoms. The molecule has 18 heavy (non-hydrogen) atoms. The Morgan fingerprint density at radius 1 is 1.33 bits per heavy atom. The second-order valence-corrected chi connectivity index (χ2v) is 5.13. The highest BCUT2D eigenvalue weighted by Crippen LogP contribution is 2.20. The van der Waals surface area contributed by atoms with E-state index in [-0.39, 0.29) is 0 Å². The lowest BCUT2D eigenvalue weighted by Crippen LogP contribution is -2.18. The molecule has 0 bridgehead atoms. The first-order valence-electron chi connectivity index (χ1n) is 6.18. The van der Waals surface area contributed by atoms with Crippen LogP contribution in [0.2, 0.25) is 0 Å². The van der Waals surface area contributed by atoms with E-state index in [4.69, 9.17) is 4.74 Å². The number of ether oxygens (including phenoxy) is 1. The standard InChI is InChI=1S/C15H19NOS/c1-12-4-3-5-14(10-12)17-8-6-15(16-2)13-7-9-18-11-13/h3-5,7,9-11,15-16H,6,8H2,1-2H3. The SMILES string of the molecule is CNC(CCOc1cccc(C)c1)c1ccsc1. The maximum atomic E-state index is 5.78. The molecule has 0 aliphatic carbocycles. The molecule has 96 valence electrons. The number of hydrogen-bond acceptors (Lipinski definition) is 3. The van der Waals surface area contributed by atoms with Gasteiger partial charge in [-0.3, -0.25) is 0 Å². The van der Waals surface area contributed by atoms with Crippen molar-refractivity contribution in [2.75, 3.05) is 13.7 Å². The second-order valence-electron chi connectivity index (χ2n) is 4.35. The van der Waals surface area contributed by atoms with Crippen molar-refractivity contribution in [3.05, 3.63) is 52.2 Å². The van der Waals surface area contributed by atoms with Crippen LogP contribution in [0, 0.1) is 6.92 Å². The van der Waals surface area contributed by atoms with Crippen molar-refractivity contribution >= 4 is 11.3 Å². The summed E-state index contributed by atoms with van der Waals surface area (Å²) >= 11 is 1.73. The molecule has 1 aromatic heterocycles. The van der Waals surface area contributed by atoms with Crippen LogP contribution in [-0.4, -0.2) is 13.7 Å². The summed E-state index contributed by atoms with van der Waals surface area (Å²) in [7, 11) is 2.00. The Labute approximate surface area is 113 Å². The fraction of sp³-hybridized carbons (Fsp3) is 0.333. The van der Waals surface area contributed by atoms with Crippen LogP contribution < -0.4 is 10.1 Å². The van der Waals surface area contributed by atoms with Crippen LogP contribution in [-0.2, 0) is 0 Å². The van der Waals surface area contributed by atoms with E-state index >= 15 is 0 Å². The largest absolute Gasteiger partial charge is 0.494 e. The van der Waals surface area contributed by atoms with Gasteiger partial charge in [0, 0.05) is 12.5 Å². The van der Waals surface area contributed by atoms with Crippen LogP contribution >= 0.6 is 11.3 Å². The molecule has 2 nitrogen and oxygen atoms in total. The molecule has 0 amide bonds. The van der Waals surface area contributed by atoms with E-state index in [1.807, 2.05) is 19.2 Å². The quantitative estimate of drug-likeness (QED) is 0.854. The summed E-state index contributed by atoms with van der Waals surface area (Å²) in [6.07, 6.45) is 0.973. The number of benzene rings is 1. The normalized spacial score (nSPS) is 12.3. The Bertz CT molecular complexity index is 467. The van der Waals surface area contributed by atoms with Gasteiger partial charge < -0.3 is 10.1 Å². The molecule has 0 saturated carbocycles. The molecular weight excluding hydrogens is 242 g/mol. The number of rotatable bonds is 6. The van der Waals surface area contributed by atoms with Crippen LogP contribution in [0.4, 0.5) is 0 Å². The summed E-state index contributed by atoms with van der Waals surface area (Å²) in [6, 6.07) is 10.7. The smallest absolute Gasteiger partial charge is 0.119 e. The minimum atomic E-state index is 0.376. The van der Waals surface area contributed by atoms with Gasteiger partial charge in [-0.25, -0.2) is 0 Å². The molecule has 0 aliphatic rings. The summed E-state index contributed by atoms with van der Waals surface area (Å²) in [4.78, 5) is 0.